The number of carboxylic acid groups (broad SMARTS) is 1. The number of carbonyl (C=O) groups is 1. The Morgan fingerprint density at radius 1 is 0.897 bits per heavy atom. The van der Waals surface area contributed by atoms with Crippen molar-refractivity contribution in [3.63, 3.8) is 0 Å². The van der Waals surface area contributed by atoms with Crippen molar-refractivity contribution >= 4 is 17.8 Å². The molecule has 0 aromatic heterocycles. The molecule has 0 radical (unpaired) electrons. The molecule has 0 bridgehead atoms. The highest BCUT2D eigenvalue weighted by Crippen LogP contribution is 2.29. The van der Waals surface area contributed by atoms with E-state index < -0.39 is 12.1 Å². The number of nitrogens with zero attached hydrogens (tertiary/aromatic N) is 2. The van der Waals surface area contributed by atoms with Crippen LogP contribution in [0.4, 0.5) is 0 Å². The van der Waals surface area contributed by atoms with Gasteiger partial charge in [-0.05, 0) is 41.8 Å². The highest BCUT2D eigenvalue weighted by atomic mass is 16.5. The summed E-state index contributed by atoms with van der Waals surface area (Å²) >= 11 is 0. The maximum atomic E-state index is 12.1. The van der Waals surface area contributed by atoms with Crippen LogP contribution in [0, 0.1) is 10.8 Å². The molecule has 5 N–H and O–H groups in total. The Labute approximate surface area is 227 Å². The third kappa shape index (κ3) is 6.14. The number of piperidine rings is 1. The van der Waals surface area contributed by atoms with Crippen molar-refractivity contribution in [1.29, 1.82) is 10.8 Å². The Bertz CT molecular complexity index is 1340. The Morgan fingerprint density at radius 2 is 1.59 bits per heavy atom. The molecule has 0 aliphatic carbocycles. The number of carboxylic acids is 1. The van der Waals surface area contributed by atoms with E-state index in [2.05, 4.69) is 4.90 Å². The second-order valence-corrected chi connectivity index (χ2v) is 9.91. The molecule has 1 atom stereocenters. The number of rotatable bonds is 7. The van der Waals surface area contributed by atoms with E-state index in [0.29, 0.717) is 36.0 Å². The number of ether oxygens (including phenoxy) is 2. The molecule has 1 unspecified atom stereocenters. The summed E-state index contributed by atoms with van der Waals surface area (Å²) in [7, 11) is 0. The van der Waals surface area contributed by atoms with Crippen molar-refractivity contribution in [1.82, 2.24) is 9.80 Å². The Morgan fingerprint density at radius 3 is 2.26 bits per heavy atom. The van der Waals surface area contributed by atoms with Crippen LogP contribution in [0.2, 0.25) is 0 Å². The van der Waals surface area contributed by atoms with Gasteiger partial charge in [-0.3, -0.25) is 10.8 Å². The van der Waals surface area contributed by atoms with Crippen LogP contribution in [0.1, 0.15) is 41.2 Å². The van der Waals surface area contributed by atoms with Gasteiger partial charge in [-0.25, -0.2) is 4.79 Å². The smallest absolute Gasteiger partial charge is 0.349 e. The lowest BCUT2D eigenvalue weighted by Gasteiger charge is -2.33. The zero-order chi connectivity index (χ0) is 27.4. The molecule has 0 spiro atoms. The predicted octanol–water partition coefficient (Wildman–Crippen LogP) is 4.01. The van der Waals surface area contributed by atoms with E-state index in [0.717, 1.165) is 49.0 Å². The Hall–Kier alpha value is -4.53. The maximum Gasteiger partial charge on any atom is 0.349 e. The van der Waals surface area contributed by atoms with Crippen LogP contribution in [0.25, 0.3) is 0 Å². The monoisotopic (exact) mass is 527 g/mol. The van der Waals surface area contributed by atoms with Gasteiger partial charge in [-0.1, -0.05) is 48.5 Å². The molecule has 3 aromatic carbocycles. The number of likely N-dealkylation sites (tertiary alicyclic amines) is 1. The molecule has 1 saturated heterocycles. The number of aliphatic carboxylic acids is 1. The van der Waals surface area contributed by atoms with Crippen molar-refractivity contribution in [2.45, 2.75) is 38.0 Å². The molecule has 2 aliphatic rings. The van der Waals surface area contributed by atoms with Crippen LogP contribution < -0.4 is 15.2 Å². The SMILES string of the molecule is N=C(N)N1CCc2ccc(OC(C(=O)O)c3ccc(OC4CCN(C(=N)c5ccccc5)CC4)cc3)cc2C1. The minimum atomic E-state index is -1.17. The van der Waals surface area contributed by atoms with Gasteiger partial charge < -0.3 is 30.1 Å². The standard InChI is InChI=1S/C30H33N5O4/c31-28(22-4-2-1-3-5-22)34-16-13-25(14-17-34)38-24-9-7-21(8-10-24)27(29(36)37)39-26-11-6-20-12-15-35(30(32)33)19-23(20)18-26/h1-11,18,25,27,31H,12-17,19H2,(H3,32,33)(H,36,37). The van der Waals surface area contributed by atoms with Crippen LogP contribution in [-0.2, 0) is 17.8 Å². The number of nitrogens with two attached hydrogens (primary N) is 1. The fourth-order valence-electron chi connectivity index (χ4n) is 5.10. The summed E-state index contributed by atoms with van der Waals surface area (Å²) in [5.74, 6) is 0.611. The molecule has 3 aromatic rings. The summed E-state index contributed by atoms with van der Waals surface area (Å²) in [5, 5.41) is 26.1. The van der Waals surface area contributed by atoms with Gasteiger partial charge in [-0.15, -0.1) is 0 Å². The predicted molar refractivity (Wildman–Crippen MR) is 148 cm³/mol. The third-order valence-corrected chi connectivity index (χ3v) is 7.30. The lowest BCUT2D eigenvalue weighted by Crippen LogP contribution is -2.41. The Balaban J connectivity index is 1.19. The maximum absolute atomic E-state index is 12.1. The van der Waals surface area contributed by atoms with Crippen LogP contribution in [-0.4, -0.2) is 58.4 Å². The zero-order valence-corrected chi connectivity index (χ0v) is 21.7. The van der Waals surface area contributed by atoms with E-state index in [1.807, 2.05) is 42.5 Å². The molecule has 2 heterocycles. The summed E-state index contributed by atoms with van der Waals surface area (Å²) in [6, 6.07) is 22.3. The van der Waals surface area contributed by atoms with E-state index in [-0.39, 0.29) is 12.1 Å². The number of benzene rings is 3. The summed E-state index contributed by atoms with van der Waals surface area (Å²) < 4.78 is 12.1. The summed E-state index contributed by atoms with van der Waals surface area (Å²) in [6.07, 6.45) is 1.24. The van der Waals surface area contributed by atoms with Gasteiger partial charge in [0, 0.05) is 50.1 Å². The van der Waals surface area contributed by atoms with E-state index in [9.17, 15) is 9.90 Å². The van der Waals surface area contributed by atoms with Crippen LogP contribution in [0.15, 0.2) is 72.8 Å². The molecule has 5 rings (SSSR count). The quantitative estimate of drug-likeness (QED) is 0.269. The fraction of sp³-hybridized carbons (Fsp3) is 0.300. The largest absolute Gasteiger partial charge is 0.490 e. The number of nitrogens with one attached hydrogen (secondary N) is 2. The second kappa shape index (κ2) is 11.5. The van der Waals surface area contributed by atoms with Gasteiger partial charge in [0.1, 0.15) is 23.4 Å². The molecular formula is C30H33N5O4. The van der Waals surface area contributed by atoms with Gasteiger partial charge in [0.25, 0.3) is 0 Å². The number of hydrogen-bond donors (Lipinski definition) is 4. The molecule has 202 valence electrons. The average molecular weight is 528 g/mol. The minimum Gasteiger partial charge on any atom is -0.490 e. The van der Waals surface area contributed by atoms with Gasteiger partial charge in [0.2, 0.25) is 6.10 Å². The van der Waals surface area contributed by atoms with Crippen LogP contribution in [0.3, 0.4) is 0 Å². The van der Waals surface area contributed by atoms with Crippen molar-refractivity contribution in [3.8, 4) is 11.5 Å². The lowest BCUT2D eigenvalue weighted by molar-refractivity contribution is -0.145. The first-order valence-electron chi connectivity index (χ1n) is 13.1. The molecular weight excluding hydrogens is 494 g/mol. The van der Waals surface area contributed by atoms with Gasteiger partial charge in [-0.2, -0.15) is 0 Å². The van der Waals surface area contributed by atoms with E-state index in [1.165, 1.54) is 0 Å². The first-order chi connectivity index (χ1) is 18.9. The first-order valence-corrected chi connectivity index (χ1v) is 13.1. The minimum absolute atomic E-state index is 0.0231. The molecule has 2 aliphatic heterocycles. The molecule has 0 amide bonds. The third-order valence-electron chi connectivity index (χ3n) is 7.30. The summed E-state index contributed by atoms with van der Waals surface area (Å²) in [5.41, 5.74) is 9.21. The first kappa shape index (κ1) is 26.1. The van der Waals surface area contributed by atoms with Crippen molar-refractivity contribution in [2.24, 2.45) is 5.73 Å². The summed E-state index contributed by atoms with van der Waals surface area (Å²) in [6.45, 7) is 2.68. The highest BCUT2D eigenvalue weighted by molar-refractivity contribution is 5.96. The number of hydrogen-bond acceptors (Lipinski definition) is 5. The van der Waals surface area contributed by atoms with Crippen LogP contribution >= 0.6 is 0 Å². The number of guanidine groups is 1. The molecule has 9 nitrogen and oxygen atoms in total. The van der Waals surface area contributed by atoms with Crippen LogP contribution in [0.5, 0.6) is 11.5 Å². The normalized spacial score (nSPS) is 16.2. The molecule has 9 heteroatoms. The zero-order valence-electron chi connectivity index (χ0n) is 21.7. The lowest BCUT2D eigenvalue weighted by atomic mass is 9.99. The Kier molecular flexibility index (Phi) is 7.67. The van der Waals surface area contributed by atoms with Crippen molar-refractivity contribution in [2.75, 3.05) is 19.6 Å². The van der Waals surface area contributed by atoms with E-state index in [1.54, 1.807) is 35.2 Å². The molecule has 0 saturated carbocycles. The average Bonchev–Trinajstić information content (AvgIpc) is 2.96. The summed E-state index contributed by atoms with van der Waals surface area (Å²) in [4.78, 5) is 15.9. The van der Waals surface area contributed by atoms with Gasteiger partial charge in [0.05, 0.1) is 0 Å². The highest BCUT2D eigenvalue weighted by Gasteiger charge is 2.25. The topological polar surface area (TPSA) is 136 Å². The number of amidine groups is 1. The number of fused-ring (bicyclic) bond motifs is 1. The van der Waals surface area contributed by atoms with Gasteiger partial charge >= 0.3 is 5.97 Å². The molecule has 39 heavy (non-hydrogen) atoms. The molecule has 1 fully saturated rings. The van der Waals surface area contributed by atoms with E-state index >= 15 is 0 Å². The van der Waals surface area contributed by atoms with Crippen molar-refractivity contribution in [3.05, 3.63) is 95.1 Å². The fourth-order valence-corrected chi connectivity index (χ4v) is 5.10. The van der Waals surface area contributed by atoms with E-state index in [4.69, 9.17) is 26.0 Å². The second-order valence-electron chi connectivity index (χ2n) is 9.91. The van der Waals surface area contributed by atoms with Gasteiger partial charge in [0.15, 0.2) is 5.96 Å². The van der Waals surface area contributed by atoms with Crippen molar-refractivity contribution < 1.29 is 19.4 Å².